The highest BCUT2D eigenvalue weighted by atomic mass is 35.5. The summed E-state index contributed by atoms with van der Waals surface area (Å²) in [6.45, 7) is 3.68. The van der Waals surface area contributed by atoms with Crippen molar-refractivity contribution in [3.05, 3.63) is 40.4 Å². The van der Waals surface area contributed by atoms with Crippen LogP contribution in [-0.4, -0.2) is 6.10 Å². The van der Waals surface area contributed by atoms with Gasteiger partial charge in [0.2, 0.25) is 0 Å². The minimum Gasteiger partial charge on any atom is -0.273 e. The molecule has 4 nitrogen and oxygen atoms in total. The van der Waals surface area contributed by atoms with E-state index in [1.165, 1.54) is 0 Å². The first-order valence-corrected chi connectivity index (χ1v) is 5.68. The summed E-state index contributed by atoms with van der Waals surface area (Å²) in [4.78, 5) is 5.23. The number of benzene rings is 1. The highest BCUT2D eigenvalue weighted by molar-refractivity contribution is 6.30. The second-order valence-electron chi connectivity index (χ2n) is 3.75. The van der Waals surface area contributed by atoms with Gasteiger partial charge >= 0.3 is 0 Å². The molecule has 1 N–H and O–H groups in total. The van der Waals surface area contributed by atoms with Crippen LogP contribution in [0.15, 0.2) is 29.8 Å². The summed E-state index contributed by atoms with van der Waals surface area (Å²) in [5.74, 6) is 0. The number of hydroxylamine groups is 1. The summed E-state index contributed by atoms with van der Waals surface area (Å²) < 4.78 is 0. The normalized spacial score (nSPS) is 9.44. The molecule has 0 radical (unpaired) electrons. The lowest BCUT2D eigenvalue weighted by Gasteiger charge is -2.13. The van der Waals surface area contributed by atoms with E-state index >= 15 is 0 Å². The minimum atomic E-state index is -0.0778. The zero-order valence-corrected chi connectivity index (χ0v) is 10.8. The molecular weight excluding hydrogens is 250 g/mol. The van der Waals surface area contributed by atoms with Gasteiger partial charge in [0, 0.05) is 10.6 Å². The van der Waals surface area contributed by atoms with E-state index < -0.39 is 0 Å². The molecule has 0 spiro atoms. The molecular formula is C13H12ClN3O. The van der Waals surface area contributed by atoms with E-state index in [1.54, 1.807) is 24.3 Å². The maximum absolute atomic E-state index is 8.93. The van der Waals surface area contributed by atoms with Crippen LogP contribution in [0.4, 0.5) is 0 Å². The minimum absolute atomic E-state index is 0.0435. The molecule has 92 valence electrons. The SMILES string of the molecule is CC(C)ONC(=C(C#N)C#N)c1ccc(Cl)cc1. The quantitative estimate of drug-likeness (QED) is 0.668. The fourth-order valence-electron chi connectivity index (χ4n) is 1.18. The van der Waals surface area contributed by atoms with Crippen molar-refractivity contribution < 1.29 is 4.84 Å². The van der Waals surface area contributed by atoms with E-state index in [9.17, 15) is 0 Å². The molecule has 0 aliphatic rings. The molecule has 0 saturated carbocycles. The molecule has 0 aliphatic carbocycles. The second-order valence-corrected chi connectivity index (χ2v) is 4.19. The third-order valence-electron chi connectivity index (χ3n) is 2.00. The van der Waals surface area contributed by atoms with E-state index in [0.717, 1.165) is 0 Å². The molecule has 0 aliphatic heterocycles. The molecule has 0 unspecified atom stereocenters. The number of hydrogen-bond donors (Lipinski definition) is 1. The average Bonchev–Trinajstić information content (AvgIpc) is 2.35. The molecule has 1 rings (SSSR count). The summed E-state index contributed by atoms with van der Waals surface area (Å²) in [5.41, 5.74) is 3.61. The Labute approximate surface area is 111 Å². The second kappa shape index (κ2) is 6.66. The number of halogens is 1. The van der Waals surface area contributed by atoms with Crippen molar-refractivity contribution in [2.75, 3.05) is 0 Å². The lowest BCUT2D eigenvalue weighted by atomic mass is 10.1. The van der Waals surface area contributed by atoms with Crippen LogP contribution >= 0.6 is 11.6 Å². The summed E-state index contributed by atoms with van der Waals surface area (Å²) in [6.07, 6.45) is -0.0778. The first-order chi connectivity index (χ1) is 8.58. The van der Waals surface area contributed by atoms with Crippen molar-refractivity contribution in [1.82, 2.24) is 5.48 Å². The zero-order chi connectivity index (χ0) is 13.5. The van der Waals surface area contributed by atoms with E-state index in [2.05, 4.69) is 5.48 Å². The van der Waals surface area contributed by atoms with Crippen molar-refractivity contribution in [2.24, 2.45) is 0 Å². The van der Waals surface area contributed by atoms with Crippen LogP contribution in [0.5, 0.6) is 0 Å². The largest absolute Gasteiger partial charge is 0.273 e. The van der Waals surface area contributed by atoms with Gasteiger partial charge in [-0.3, -0.25) is 10.3 Å². The summed E-state index contributed by atoms with van der Waals surface area (Å²) in [7, 11) is 0. The highest BCUT2D eigenvalue weighted by Crippen LogP contribution is 2.18. The van der Waals surface area contributed by atoms with Crippen LogP contribution in [0.25, 0.3) is 5.70 Å². The van der Waals surface area contributed by atoms with Crippen molar-refractivity contribution in [2.45, 2.75) is 20.0 Å². The molecule has 0 amide bonds. The Morgan fingerprint density at radius 2 is 1.78 bits per heavy atom. The fraction of sp³-hybridized carbons (Fsp3) is 0.231. The van der Waals surface area contributed by atoms with Gasteiger partial charge in [0.05, 0.1) is 11.8 Å². The van der Waals surface area contributed by atoms with Crippen molar-refractivity contribution >= 4 is 17.3 Å². The highest BCUT2D eigenvalue weighted by Gasteiger charge is 2.10. The van der Waals surface area contributed by atoms with E-state index in [1.807, 2.05) is 26.0 Å². The molecule has 0 aromatic heterocycles. The molecule has 18 heavy (non-hydrogen) atoms. The maximum atomic E-state index is 8.93. The molecule has 1 aromatic rings. The first kappa shape index (κ1) is 14.1. The number of rotatable bonds is 4. The van der Waals surface area contributed by atoms with E-state index in [4.69, 9.17) is 27.0 Å². The molecule has 0 heterocycles. The van der Waals surface area contributed by atoms with Gasteiger partial charge in [-0.1, -0.05) is 23.7 Å². The molecule has 0 bridgehead atoms. The Morgan fingerprint density at radius 1 is 1.22 bits per heavy atom. The lowest BCUT2D eigenvalue weighted by molar-refractivity contribution is 0.0272. The average molecular weight is 262 g/mol. The van der Waals surface area contributed by atoms with Gasteiger partial charge in [-0.15, -0.1) is 0 Å². The van der Waals surface area contributed by atoms with Crippen LogP contribution < -0.4 is 5.48 Å². The monoisotopic (exact) mass is 261 g/mol. The van der Waals surface area contributed by atoms with Crippen LogP contribution in [0.2, 0.25) is 5.02 Å². The third kappa shape index (κ3) is 3.78. The van der Waals surface area contributed by atoms with Crippen LogP contribution in [0.1, 0.15) is 19.4 Å². The van der Waals surface area contributed by atoms with Gasteiger partial charge in [-0.2, -0.15) is 10.5 Å². The lowest BCUT2D eigenvalue weighted by Crippen LogP contribution is -2.19. The van der Waals surface area contributed by atoms with Crippen molar-refractivity contribution in [3.8, 4) is 12.1 Å². The predicted molar refractivity (Wildman–Crippen MR) is 69.0 cm³/mol. The molecule has 0 fully saturated rings. The maximum Gasteiger partial charge on any atom is 0.155 e. The first-order valence-electron chi connectivity index (χ1n) is 5.30. The Bertz CT molecular complexity index is 505. The number of nitriles is 2. The van der Waals surface area contributed by atoms with E-state index in [-0.39, 0.29) is 11.7 Å². The van der Waals surface area contributed by atoms with Gasteiger partial charge in [0.15, 0.2) is 5.57 Å². The van der Waals surface area contributed by atoms with E-state index in [0.29, 0.717) is 16.3 Å². The molecule has 0 saturated heterocycles. The predicted octanol–water partition coefficient (Wildman–Crippen LogP) is 3.03. The number of allylic oxidation sites excluding steroid dienone is 1. The Hall–Kier alpha value is -2.01. The fourth-order valence-corrected chi connectivity index (χ4v) is 1.31. The van der Waals surface area contributed by atoms with Gasteiger partial charge in [-0.25, -0.2) is 0 Å². The van der Waals surface area contributed by atoms with Crippen LogP contribution in [0, 0.1) is 22.7 Å². The van der Waals surface area contributed by atoms with Gasteiger partial charge < -0.3 is 0 Å². The smallest absolute Gasteiger partial charge is 0.155 e. The Morgan fingerprint density at radius 3 is 2.22 bits per heavy atom. The summed E-state index contributed by atoms with van der Waals surface area (Å²) in [5, 5.41) is 18.4. The summed E-state index contributed by atoms with van der Waals surface area (Å²) >= 11 is 5.79. The Balaban J connectivity index is 3.14. The molecule has 5 heteroatoms. The molecule has 0 atom stereocenters. The number of nitrogens with one attached hydrogen (secondary N) is 1. The van der Waals surface area contributed by atoms with Gasteiger partial charge in [0.25, 0.3) is 0 Å². The van der Waals surface area contributed by atoms with Gasteiger partial charge in [-0.05, 0) is 26.0 Å². The molecule has 1 aromatic carbocycles. The Kier molecular flexibility index (Phi) is 5.20. The standard InChI is InChI=1S/C13H12ClN3O/c1-9(2)18-17-13(11(7-15)8-16)10-3-5-12(14)6-4-10/h3-6,9,17H,1-2H3. The van der Waals surface area contributed by atoms with Crippen molar-refractivity contribution in [3.63, 3.8) is 0 Å². The third-order valence-corrected chi connectivity index (χ3v) is 2.26. The number of nitrogens with zero attached hydrogens (tertiary/aromatic N) is 2. The summed E-state index contributed by atoms with van der Waals surface area (Å²) in [6, 6.07) is 10.4. The van der Waals surface area contributed by atoms with Crippen LogP contribution in [-0.2, 0) is 4.84 Å². The van der Waals surface area contributed by atoms with Crippen molar-refractivity contribution in [1.29, 1.82) is 10.5 Å². The number of hydrogen-bond acceptors (Lipinski definition) is 4. The van der Waals surface area contributed by atoms with Crippen LogP contribution in [0.3, 0.4) is 0 Å². The van der Waals surface area contributed by atoms with Gasteiger partial charge in [0.1, 0.15) is 12.1 Å². The topological polar surface area (TPSA) is 68.8 Å². The zero-order valence-electron chi connectivity index (χ0n) is 10.1.